The van der Waals surface area contributed by atoms with Crippen LogP contribution >= 0.6 is 11.6 Å². The normalized spacial score (nSPS) is 12.1. The predicted octanol–water partition coefficient (Wildman–Crippen LogP) is 3.72. The zero-order valence-corrected chi connectivity index (χ0v) is 14.9. The van der Waals surface area contributed by atoms with Gasteiger partial charge >= 0.3 is 0 Å². The molecule has 25 heavy (non-hydrogen) atoms. The van der Waals surface area contributed by atoms with E-state index in [-0.39, 0.29) is 12.7 Å². The van der Waals surface area contributed by atoms with E-state index in [0.29, 0.717) is 28.6 Å². The number of hydrogen-bond donors (Lipinski definition) is 1. The lowest BCUT2D eigenvalue weighted by molar-refractivity contribution is 0.0953. The molecule has 132 valence electrons. The summed E-state index contributed by atoms with van der Waals surface area (Å²) in [6.07, 6.45) is 0.854. The molecular formula is C19H21ClN2O3. The zero-order valence-electron chi connectivity index (χ0n) is 14.1. The fourth-order valence-corrected chi connectivity index (χ4v) is 3.05. The molecule has 2 aromatic carbocycles. The molecule has 1 aliphatic heterocycles. The van der Waals surface area contributed by atoms with Crippen molar-refractivity contribution in [2.45, 2.75) is 13.3 Å². The van der Waals surface area contributed by atoms with Crippen LogP contribution in [0.5, 0.6) is 11.5 Å². The molecule has 0 unspecified atom stereocenters. The van der Waals surface area contributed by atoms with Gasteiger partial charge in [-0.2, -0.15) is 0 Å². The fourth-order valence-electron chi connectivity index (χ4n) is 2.78. The molecule has 3 rings (SSSR count). The number of fused-ring (bicyclic) bond motifs is 1. The van der Waals surface area contributed by atoms with Crippen molar-refractivity contribution in [1.29, 1.82) is 0 Å². The Hall–Kier alpha value is -2.40. The molecule has 1 N–H and O–H groups in total. The van der Waals surface area contributed by atoms with Gasteiger partial charge in [0.15, 0.2) is 11.5 Å². The first-order valence-corrected chi connectivity index (χ1v) is 8.74. The Labute approximate surface area is 152 Å². The van der Waals surface area contributed by atoms with Gasteiger partial charge in [-0.05, 0) is 37.6 Å². The van der Waals surface area contributed by atoms with E-state index in [0.717, 1.165) is 19.5 Å². The zero-order chi connectivity index (χ0) is 17.6. The summed E-state index contributed by atoms with van der Waals surface area (Å²) < 4.78 is 10.5. The number of carbonyl (C=O) groups excluding carboxylic acids is 1. The molecule has 2 aromatic rings. The summed E-state index contributed by atoms with van der Waals surface area (Å²) >= 11 is 6.12. The van der Waals surface area contributed by atoms with E-state index in [1.165, 1.54) is 5.69 Å². The Balaban J connectivity index is 1.51. The molecule has 0 atom stereocenters. The van der Waals surface area contributed by atoms with Crippen molar-refractivity contribution in [3.05, 3.63) is 53.1 Å². The first-order chi connectivity index (χ1) is 12.2. The molecule has 1 heterocycles. The van der Waals surface area contributed by atoms with Crippen molar-refractivity contribution in [3.8, 4) is 11.5 Å². The van der Waals surface area contributed by atoms with E-state index in [9.17, 15) is 4.79 Å². The summed E-state index contributed by atoms with van der Waals surface area (Å²) in [6, 6.07) is 13.5. The molecule has 0 spiro atoms. The highest BCUT2D eigenvalue weighted by molar-refractivity contribution is 6.32. The lowest BCUT2D eigenvalue weighted by Gasteiger charge is -2.23. The number of nitrogens with zero attached hydrogens (tertiary/aromatic N) is 1. The average Bonchev–Trinajstić information content (AvgIpc) is 3.11. The van der Waals surface area contributed by atoms with Crippen LogP contribution in [0, 0.1) is 0 Å². The van der Waals surface area contributed by atoms with E-state index < -0.39 is 0 Å². The summed E-state index contributed by atoms with van der Waals surface area (Å²) in [5.74, 6) is 0.849. The van der Waals surface area contributed by atoms with Crippen LogP contribution in [0.4, 0.5) is 5.69 Å². The van der Waals surface area contributed by atoms with Gasteiger partial charge in [-0.3, -0.25) is 4.79 Å². The molecule has 1 aliphatic rings. The number of nitrogens with one attached hydrogen (secondary N) is 1. The van der Waals surface area contributed by atoms with E-state index in [1.54, 1.807) is 12.1 Å². The minimum absolute atomic E-state index is 0.131. The number of halogens is 1. The Morgan fingerprint density at radius 2 is 2.04 bits per heavy atom. The van der Waals surface area contributed by atoms with Crippen LogP contribution < -0.4 is 19.7 Å². The maximum Gasteiger partial charge on any atom is 0.251 e. The first-order valence-electron chi connectivity index (χ1n) is 8.36. The van der Waals surface area contributed by atoms with Gasteiger partial charge in [-0.1, -0.05) is 29.8 Å². The predicted molar refractivity (Wildman–Crippen MR) is 98.9 cm³/mol. The first kappa shape index (κ1) is 17.4. The number of carbonyl (C=O) groups is 1. The number of rotatable bonds is 7. The van der Waals surface area contributed by atoms with Crippen LogP contribution in [0.3, 0.4) is 0 Å². The number of amides is 1. The van der Waals surface area contributed by atoms with Crippen LogP contribution in [0.2, 0.25) is 5.02 Å². The number of benzene rings is 2. The highest BCUT2D eigenvalue weighted by Crippen LogP contribution is 2.39. The quantitative estimate of drug-likeness (QED) is 0.765. The van der Waals surface area contributed by atoms with Crippen molar-refractivity contribution < 1.29 is 14.3 Å². The minimum Gasteiger partial charge on any atom is -0.454 e. The monoisotopic (exact) mass is 360 g/mol. The molecule has 0 aromatic heterocycles. The average molecular weight is 361 g/mol. The van der Waals surface area contributed by atoms with Gasteiger partial charge < -0.3 is 19.7 Å². The number of anilines is 1. The third-order valence-electron chi connectivity index (χ3n) is 4.08. The summed E-state index contributed by atoms with van der Waals surface area (Å²) in [6.45, 7) is 4.65. The SMILES string of the molecule is CCN(CCCNC(=O)c1cc(Cl)c2c(c1)OCO2)c1ccccc1. The van der Waals surface area contributed by atoms with E-state index in [1.807, 2.05) is 18.2 Å². The number of hydrogen-bond acceptors (Lipinski definition) is 4. The highest BCUT2D eigenvalue weighted by atomic mass is 35.5. The van der Waals surface area contributed by atoms with E-state index in [2.05, 4.69) is 29.3 Å². The van der Waals surface area contributed by atoms with Gasteiger partial charge in [0.1, 0.15) is 0 Å². The molecule has 0 aliphatic carbocycles. The van der Waals surface area contributed by atoms with Crippen molar-refractivity contribution in [2.24, 2.45) is 0 Å². The van der Waals surface area contributed by atoms with Gasteiger partial charge in [-0.15, -0.1) is 0 Å². The van der Waals surface area contributed by atoms with E-state index >= 15 is 0 Å². The molecule has 6 heteroatoms. The van der Waals surface area contributed by atoms with Gasteiger partial charge in [0.25, 0.3) is 5.91 Å². The van der Waals surface area contributed by atoms with Crippen molar-refractivity contribution in [1.82, 2.24) is 5.32 Å². The third-order valence-corrected chi connectivity index (χ3v) is 4.36. The molecule has 1 amide bonds. The maximum absolute atomic E-state index is 12.3. The van der Waals surface area contributed by atoms with Gasteiger partial charge in [0, 0.05) is 30.9 Å². The summed E-state index contributed by atoms with van der Waals surface area (Å²) in [7, 11) is 0. The van der Waals surface area contributed by atoms with Gasteiger partial charge in [0.05, 0.1) is 5.02 Å². The summed E-state index contributed by atoms with van der Waals surface area (Å²) in [5, 5.41) is 3.32. The van der Waals surface area contributed by atoms with Crippen molar-refractivity contribution in [2.75, 3.05) is 31.3 Å². The smallest absolute Gasteiger partial charge is 0.251 e. The second kappa shape index (κ2) is 8.12. The number of para-hydroxylation sites is 1. The molecule has 0 fully saturated rings. The largest absolute Gasteiger partial charge is 0.454 e. The van der Waals surface area contributed by atoms with E-state index in [4.69, 9.17) is 21.1 Å². The lowest BCUT2D eigenvalue weighted by Crippen LogP contribution is -2.29. The second-order valence-electron chi connectivity index (χ2n) is 5.72. The topological polar surface area (TPSA) is 50.8 Å². The summed E-state index contributed by atoms with van der Waals surface area (Å²) in [4.78, 5) is 14.6. The fraction of sp³-hybridized carbons (Fsp3) is 0.316. The molecule has 0 saturated carbocycles. The van der Waals surface area contributed by atoms with Crippen LogP contribution in [-0.4, -0.2) is 32.3 Å². The van der Waals surface area contributed by atoms with Gasteiger partial charge in [0.2, 0.25) is 6.79 Å². The van der Waals surface area contributed by atoms with Crippen molar-refractivity contribution in [3.63, 3.8) is 0 Å². The van der Waals surface area contributed by atoms with Crippen LogP contribution in [0.25, 0.3) is 0 Å². The molecule has 5 nitrogen and oxygen atoms in total. The highest BCUT2D eigenvalue weighted by Gasteiger charge is 2.20. The Bertz CT molecular complexity index is 737. The van der Waals surface area contributed by atoms with Crippen LogP contribution in [0.1, 0.15) is 23.7 Å². The molecule has 0 bridgehead atoms. The van der Waals surface area contributed by atoms with Crippen LogP contribution in [0.15, 0.2) is 42.5 Å². The van der Waals surface area contributed by atoms with Crippen molar-refractivity contribution >= 4 is 23.2 Å². The Kier molecular flexibility index (Phi) is 5.66. The standard InChI is InChI=1S/C19H21ClN2O3/c1-2-22(15-7-4-3-5-8-15)10-6-9-21-19(23)14-11-16(20)18-17(12-14)24-13-25-18/h3-5,7-8,11-12H,2,6,9-10,13H2,1H3,(H,21,23). The minimum atomic E-state index is -0.164. The van der Waals surface area contributed by atoms with Gasteiger partial charge in [-0.25, -0.2) is 0 Å². The Morgan fingerprint density at radius 3 is 2.80 bits per heavy atom. The number of ether oxygens (including phenoxy) is 2. The lowest BCUT2D eigenvalue weighted by atomic mass is 10.2. The Morgan fingerprint density at radius 1 is 1.24 bits per heavy atom. The van der Waals surface area contributed by atoms with Crippen LogP contribution in [-0.2, 0) is 0 Å². The maximum atomic E-state index is 12.3. The third kappa shape index (κ3) is 4.17. The molecule has 0 saturated heterocycles. The summed E-state index contributed by atoms with van der Waals surface area (Å²) in [5.41, 5.74) is 1.67. The molecule has 0 radical (unpaired) electrons. The second-order valence-corrected chi connectivity index (χ2v) is 6.12. The molecular weight excluding hydrogens is 340 g/mol.